The number of hydrogen-bond acceptors (Lipinski definition) is 11. The highest BCUT2D eigenvalue weighted by Crippen LogP contribution is 2.59. The van der Waals surface area contributed by atoms with Gasteiger partial charge in [0.05, 0.1) is 23.5 Å². The largest absolute Gasteiger partial charge is 0.388 e. The van der Waals surface area contributed by atoms with E-state index in [-0.39, 0.29) is 37.1 Å². The van der Waals surface area contributed by atoms with E-state index in [1.807, 2.05) is 6.92 Å². The molecular formula is C22H37N6O8P. The van der Waals surface area contributed by atoms with Gasteiger partial charge in [-0.15, -0.1) is 5.10 Å². The van der Waals surface area contributed by atoms with Gasteiger partial charge in [0.15, 0.2) is 11.6 Å². The third kappa shape index (κ3) is 5.65. The van der Waals surface area contributed by atoms with Gasteiger partial charge in [0.25, 0.3) is 0 Å². The first-order chi connectivity index (χ1) is 17.2. The van der Waals surface area contributed by atoms with E-state index in [1.165, 1.54) is 13.1 Å². The molecule has 3 heterocycles. The lowest BCUT2D eigenvalue weighted by atomic mass is 9.88. The van der Waals surface area contributed by atoms with Crippen LogP contribution in [0.3, 0.4) is 0 Å². The van der Waals surface area contributed by atoms with Gasteiger partial charge in [-0.3, -0.25) is 18.3 Å². The molecule has 0 aliphatic carbocycles. The zero-order valence-electron chi connectivity index (χ0n) is 21.7. The van der Waals surface area contributed by atoms with E-state index in [1.54, 1.807) is 31.6 Å². The van der Waals surface area contributed by atoms with Crippen molar-refractivity contribution in [2.45, 2.75) is 102 Å². The Morgan fingerprint density at radius 3 is 2.35 bits per heavy atom. The summed E-state index contributed by atoms with van der Waals surface area (Å²) in [7, 11) is -4.51. The standard InChI is InChI=1S/C22H37N6O8P/c1-6-21(5,32)37(33,34)36-22(7-2,8-3)10-15-16(29)17(30)19(35-15)28-11-13(18(23)24-20(28)31)14-12-27(9-4)26-25-14/h11-12,15-17,19,29-30,32H,6-10H2,1-5H3,(H,33,34)(H2,23,24,31). The monoisotopic (exact) mass is 544 g/mol. The van der Waals surface area contributed by atoms with Gasteiger partial charge >= 0.3 is 13.3 Å². The molecule has 2 aromatic rings. The van der Waals surface area contributed by atoms with Gasteiger partial charge in [-0.2, -0.15) is 4.98 Å². The summed E-state index contributed by atoms with van der Waals surface area (Å²) in [6.07, 6.45) is -2.03. The number of anilines is 1. The van der Waals surface area contributed by atoms with E-state index in [0.29, 0.717) is 12.2 Å². The number of rotatable bonds is 11. The van der Waals surface area contributed by atoms with E-state index < -0.39 is 48.8 Å². The summed E-state index contributed by atoms with van der Waals surface area (Å²) in [6, 6.07) is 0. The molecule has 1 aliphatic heterocycles. The minimum absolute atomic E-state index is 0.0188. The summed E-state index contributed by atoms with van der Waals surface area (Å²) >= 11 is 0. The zero-order chi connectivity index (χ0) is 27.8. The molecule has 208 valence electrons. The molecule has 15 heteroatoms. The van der Waals surface area contributed by atoms with E-state index in [4.69, 9.17) is 15.0 Å². The summed E-state index contributed by atoms with van der Waals surface area (Å²) in [4.78, 5) is 27.0. The summed E-state index contributed by atoms with van der Waals surface area (Å²) in [5, 5.41) is 38.1. The van der Waals surface area contributed by atoms with Crippen molar-refractivity contribution in [3.63, 3.8) is 0 Å². The van der Waals surface area contributed by atoms with Crippen LogP contribution >= 0.6 is 7.60 Å². The minimum Gasteiger partial charge on any atom is -0.388 e. The molecule has 0 bridgehead atoms. The van der Waals surface area contributed by atoms with Crippen molar-refractivity contribution in [2.75, 3.05) is 5.73 Å². The molecule has 1 aliphatic rings. The van der Waals surface area contributed by atoms with Gasteiger partial charge in [-0.25, -0.2) is 4.79 Å². The number of ether oxygens (including phenoxy) is 1. The van der Waals surface area contributed by atoms with E-state index in [0.717, 1.165) is 4.57 Å². The quantitative estimate of drug-likeness (QED) is 0.251. The van der Waals surface area contributed by atoms with Crippen LogP contribution in [-0.2, 0) is 20.4 Å². The normalized spacial score (nSPS) is 25.6. The van der Waals surface area contributed by atoms with Gasteiger partial charge < -0.3 is 30.7 Å². The molecule has 0 amide bonds. The molecule has 37 heavy (non-hydrogen) atoms. The Labute approximate surface area is 214 Å². The Morgan fingerprint density at radius 1 is 1.16 bits per heavy atom. The first kappa shape index (κ1) is 29.4. The van der Waals surface area contributed by atoms with Gasteiger partial charge in [0, 0.05) is 19.2 Å². The third-order valence-electron chi connectivity index (χ3n) is 7.19. The molecule has 0 radical (unpaired) electrons. The van der Waals surface area contributed by atoms with Crippen LogP contribution in [-0.4, -0.2) is 74.0 Å². The lowest BCUT2D eigenvalue weighted by Gasteiger charge is -2.39. The molecule has 2 aromatic heterocycles. The number of aromatic nitrogens is 5. The Bertz CT molecular complexity index is 1200. The molecule has 6 N–H and O–H groups in total. The van der Waals surface area contributed by atoms with Crippen LogP contribution in [0, 0.1) is 0 Å². The van der Waals surface area contributed by atoms with E-state index >= 15 is 0 Å². The number of aliphatic hydroxyl groups is 3. The second-order valence-electron chi connectivity index (χ2n) is 9.51. The molecule has 1 fully saturated rings. The molecule has 0 spiro atoms. The molecular weight excluding hydrogens is 507 g/mol. The van der Waals surface area contributed by atoms with Crippen LogP contribution in [0.2, 0.25) is 0 Å². The number of aryl methyl sites for hydroxylation is 1. The van der Waals surface area contributed by atoms with Crippen molar-refractivity contribution < 1.29 is 34.0 Å². The number of aliphatic hydroxyl groups excluding tert-OH is 2. The van der Waals surface area contributed by atoms with Gasteiger partial charge in [0.2, 0.25) is 0 Å². The van der Waals surface area contributed by atoms with Crippen molar-refractivity contribution >= 4 is 13.4 Å². The van der Waals surface area contributed by atoms with E-state index in [9.17, 15) is 29.6 Å². The van der Waals surface area contributed by atoms with Crippen LogP contribution in [0.5, 0.6) is 0 Å². The minimum atomic E-state index is -4.51. The van der Waals surface area contributed by atoms with Crippen molar-refractivity contribution in [2.24, 2.45) is 0 Å². The Hall–Kier alpha value is -2.19. The third-order valence-corrected chi connectivity index (χ3v) is 9.36. The van der Waals surface area contributed by atoms with Crippen LogP contribution in [0.25, 0.3) is 11.3 Å². The lowest BCUT2D eigenvalue weighted by Crippen LogP contribution is -2.41. The molecule has 0 saturated carbocycles. The van der Waals surface area contributed by atoms with Gasteiger partial charge in [-0.05, 0) is 33.1 Å². The Balaban J connectivity index is 1.92. The first-order valence-electron chi connectivity index (χ1n) is 12.3. The van der Waals surface area contributed by atoms with Crippen LogP contribution in [0.15, 0.2) is 17.2 Å². The number of nitrogens with zero attached hydrogens (tertiary/aromatic N) is 5. The molecule has 6 unspecified atom stereocenters. The second-order valence-corrected chi connectivity index (χ2v) is 11.7. The van der Waals surface area contributed by atoms with Crippen LogP contribution in [0.1, 0.15) is 66.5 Å². The smallest absolute Gasteiger partial charge is 0.359 e. The number of nitrogen functional groups attached to an aromatic ring is 1. The van der Waals surface area contributed by atoms with E-state index in [2.05, 4.69) is 15.3 Å². The van der Waals surface area contributed by atoms with Crippen LogP contribution < -0.4 is 11.4 Å². The maximum absolute atomic E-state index is 12.9. The Kier molecular flexibility index (Phi) is 8.64. The second kappa shape index (κ2) is 10.9. The molecule has 14 nitrogen and oxygen atoms in total. The first-order valence-corrected chi connectivity index (χ1v) is 13.9. The van der Waals surface area contributed by atoms with Crippen molar-refractivity contribution in [3.8, 4) is 11.3 Å². The molecule has 3 rings (SSSR count). The van der Waals surface area contributed by atoms with Crippen molar-refractivity contribution in [1.29, 1.82) is 0 Å². The highest BCUT2D eigenvalue weighted by Gasteiger charge is 2.51. The fourth-order valence-corrected chi connectivity index (χ4v) is 5.65. The highest BCUT2D eigenvalue weighted by atomic mass is 31.2. The molecule has 0 aromatic carbocycles. The topological polar surface area (TPSA) is 208 Å². The molecule has 6 atom stereocenters. The average Bonchev–Trinajstić information content (AvgIpc) is 3.44. The lowest BCUT2D eigenvalue weighted by molar-refractivity contribution is -0.0774. The fourth-order valence-electron chi connectivity index (χ4n) is 4.20. The predicted octanol–water partition coefficient (Wildman–Crippen LogP) is 0.992. The van der Waals surface area contributed by atoms with Crippen molar-refractivity contribution in [1.82, 2.24) is 24.5 Å². The SMILES string of the molecule is CCn1cc(-c2cn(C3OC(CC(CC)(CC)OP(=O)(O)C(C)(O)CC)C(O)C3O)c(=O)nc2N)nn1. The highest BCUT2D eigenvalue weighted by molar-refractivity contribution is 7.54. The van der Waals surface area contributed by atoms with Crippen molar-refractivity contribution in [3.05, 3.63) is 22.9 Å². The maximum atomic E-state index is 12.9. The summed E-state index contributed by atoms with van der Waals surface area (Å²) in [6.45, 7) is 8.70. The maximum Gasteiger partial charge on any atom is 0.359 e. The predicted molar refractivity (Wildman–Crippen MR) is 133 cm³/mol. The van der Waals surface area contributed by atoms with Crippen LogP contribution in [0.4, 0.5) is 5.82 Å². The van der Waals surface area contributed by atoms with Gasteiger partial charge in [0.1, 0.15) is 23.7 Å². The Morgan fingerprint density at radius 2 is 1.81 bits per heavy atom. The molecule has 1 saturated heterocycles. The average molecular weight is 545 g/mol. The van der Waals surface area contributed by atoms with Gasteiger partial charge in [-0.1, -0.05) is 26.0 Å². The zero-order valence-corrected chi connectivity index (χ0v) is 22.6. The summed E-state index contributed by atoms with van der Waals surface area (Å²) in [5.41, 5.74) is 4.51. The number of hydrogen-bond donors (Lipinski definition) is 5. The summed E-state index contributed by atoms with van der Waals surface area (Å²) < 4.78 is 27.1. The number of nitrogens with two attached hydrogens (primary N) is 1. The fraction of sp³-hybridized carbons (Fsp3) is 0.727. The summed E-state index contributed by atoms with van der Waals surface area (Å²) in [5.74, 6) is -0.0833.